The highest BCUT2D eigenvalue weighted by Gasteiger charge is 2.56. The Labute approximate surface area is 131 Å². The molecule has 6 heteroatoms. The summed E-state index contributed by atoms with van der Waals surface area (Å²) in [7, 11) is 0. The number of ether oxygens (including phenoxy) is 1. The highest BCUT2D eigenvalue weighted by atomic mass is 16.5. The molecule has 1 spiro atoms. The van der Waals surface area contributed by atoms with Crippen LogP contribution in [0.2, 0.25) is 0 Å². The topological polar surface area (TPSA) is 75.7 Å². The van der Waals surface area contributed by atoms with E-state index in [2.05, 4.69) is 26.1 Å². The lowest BCUT2D eigenvalue weighted by atomic mass is 9.64. The van der Waals surface area contributed by atoms with Gasteiger partial charge in [-0.2, -0.15) is 0 Å². The number of hydrogen-bond donors (Lipinski definition) is 1. The summed E-state index contributed by atoms with van der Waals surface area (Å²) in [6.07, 6.45) is 2.97. The molecule has 1 heterocycles. The first kappa shape index (κ1) is 16.8. The molecule has 2 aliphatic rings. The van der Waals surface area contributed by atoms with Crippen LogP contribution in [-0.2, 0) is 14.3 Å². The molecule has 6 nitrogen and oxygen atoms in total. The van der Waals surface area contributed by atoms with E-state index in [1.54, 1.807) is 0 Å². The summed E-state index contributed by atoms with van der Waals surface area (Å²) in [5.74, 6) is -0.476. The lowest BCUT2D eigenvalue weighted by Crippen LogP contribution is -2.54. The minimum atomic E-state index is -0.858. The van der Waals surface area contributed by atoms with Gasteiger partial charge in [0.1, 0.15) is 12.1 Å². The summed E-state index contributed by atoms with van der Waals surface area (Å²) >= 11 is 0. The van der Waals surface area contributed by atoms with Gasteiger partial charge in [0.05, 0.1) is 6.61 Å². The molecule has 1 saturated carbocycles. The summed E-state index contributed by atoms with van der Waals surface area (Å²) in [5.41, 5.74) is -0.872. The minimum Gasteiger partial charge on any atom is -0.464 e. The first-order valence-electron chi connectivity index (χ1n) is 7.99. The number of imide groups is 1. The summed E-state index contributed by atoms with van der Waals surface area (Å²) in [6.45, 7) is 8.21. The minimum absolute atomic E-state index is 0.0145. The molecule has 1 aliphatic heterocycles. The fraction of sp³-hybridized carbons (Fsp3) is 0.812. The maximum absolute atomic E-state index is 12.8. The second-order valence-corrected chi connectivity index (χ2v) is 7.48. The standard InChI is InChI=1S/C16H26N2O4/c1-5-6-22-12(19)9-18-13(20)16(17-14(18)21)8-11(2)7-15(3,4)10-16/h11H,5-10H2,1-4H3,(H,17,21). The summed E-state index contributed by atoms with van der Waals surface area (Å²) in [6, 6.07) is -0.483. The molecule has 22 heavy (non-hydrogen) atoms. The number of nitrogens with one attached hydrogen (secondary N) is 1. The second-order valence-electron chi connectivity index (χ2n) is 7.48. The van der Waals surface area contributed by atoms with Gasteiger partial charge in [-0.1, -0.05) is 27.7 Å². The molecule has 2 atom stereocenters. The Morgan fingerprint density at radius 2 is 2.05 bits per heavy atom. The zero-order chi connectivity index (χ0) is 16.5. The maximum Gasteiger partial charge on any atom is 0.326 e. The van der Waals surface area contributed by atoms with Crippen molar-refractivity contribution in [2.75, 3.05) is 13.2 Å². The van der Waals surface area contributed by atoms with Crippen molar-refractivity contribution in [3.8, 4) is 0 Å². The number of carbonyl (C=O) groups is 3. The van der Waals surface area contributed by atoms with Gasteiger partial charge in [0.2, 0.25) is 0 Å². The number of nitrogens with zero attached hydrogens (tertiary/aromatic N) is 1. The van der Waals surface area contributed by atoms with E-state index in [-0.39, 0.29) is 17.9 Å². The predicted molar refractivity (Wildman–Crippen MR) is 81.0 cm³/mol. The normalized spacial score (nSPS) is 30.5. The fourth-order valence-corrected chi connectivity index (χ4v) is 4.04. The molecule has 0 aromatic rings. The molecule has 2 fully saturated rings. The largest absolute Gasteiger partial charge is 0.464 e. The molecule has 0 aromatic heterocycles. The molecule has 3 amide bonds. The number of esters is 1. The van der Waals surface area contributed by atoms with Crippen LogP contribution in [-0.4, -0.2) is 41.5 Å². The number of carbonyl (C=O) groups excluding carboxylic acids is 3. The number of amides is 3. The van der Waals surface area contributed by atoms with Crippen molar-refractivity contribution in [1.82, 2.24) is 10.2 Å². The van der Waals surface area contributed by atoms with Crippen LogP contribution in [0.4, 0.5) is 4.79 Å². The third kappa shape index (κ3) is 3.25. The van der Waals surface area contributed by atoms with Crippen molar-refractivity contribution in [2.24, 2.45) is 11.3 Å². The first-order chi connectivity index (χ1) is 10.2. The van der Waals surface area contributed by atoms with Gasteiger partial charge < -0.3 is 10.1 Å². The van der Waals surface area contributed by atoms with Crippen molar-refractivity contribution in [1.29, 1.82) is 0 Å². The van der Waals surface area contributed by atoms with Crippen molar-refractivity contribution >= 4 is 17.9 Å². The molecule has 2 rings (SSSR count). The molecule has 0 radical (unpaired) electrons. The lowest BCUT2D eigenvalue weighted by Gasteiger charge is -2.43. The Balaban J connectivity index is 2.12. The molecule has 0 bridgehead atoms. The van der Waals surface area contributed by atoms with E-state index in [1.165, 1.54) is 0 Å². The third-order valence-electron chi connectivity index (χ3n) is 4.38. The highest BCUT2D eigenvalue weighted by Crippen LogP contribution is 2.46. The van der Waals surface area contributed by atoms with Crippen molar-refractivity contribution in [2.45, 2.75) is 58.9 Å². The van der Waals surface area contributed by atoms with Crippen molar-refractivity contribution < 1.29 is 19.1 Å². The summed E-state index contributed by atoms with van der Waals surface area (Å²) < 4.78 is 4.97. The Kier molecular flexibility index (Phi) is 4.49. The smallest absolute Gasteiger partial charge is 0.326 e. The molecular weight excluding hydrogens is 284 g/mol. The Morgan fingerprint density at radius 1 is 1.36 bits per heavy atom. The van der Waals surface area contributed by atoms with Crippen LogP contribution < -0.4 is 5.32 Å². The summed E-state index contributed by atoms with van der Waals surface area (Å²) in [4.78, 5) is 37.7. The van der Waals surface area contributed by atoms with Gasteiger partial charge in [0, 0.05) is 0 Å². The highest BCUT2D eigenvalue weighted by molar-refractivity contribution is 6.08. The Hall–Kier alpha value is -1.59. The van der Waals surface area contributed by atoms with E-state index in [0.29, 0.717) is 31.8 Å². The van der Waals surface area contributed by atoms with Gasteiger partial charge in [-0.05, 0) is 37.0 Å². The third-order valence-corrected chi connectivity index (χ3v) is 4.38. The molecule has 0 aromatic carbocycles. The van der Waals surface area contributed by atoms with Gasteiger partial charge in [-0.25, -0.2) is 4.79 Å². The van der Waals surface area contributed by atoms with Crippen molar-refractivity contribution in [3.63, 3.8) is 0 Å². The number of hydrogen-bond acceptors (Lipinski definition) is 4. The van der Waals surface area contributed by atoms with Crippen LogP contribution in [0.1, 0.15) is 53.4 Å². The van der Waals surface area contributed by atoms with Gasteiger partial charge in [-0.15, -0.1) is 0 Å². The van der Waals surface area contributed by atoms with Crippen molar-refractivity contribution in [3.05, 3.63) is 0 Å². The average Bonchev–Trinajstić information content (AvgIpc) is 2.58. The van der Waals surface area contributed by atoms with Crippen LogP contribution in [0, 0.1) is 11.3 Å². The van der Waals surface area contributed by atoms with E-state index in [1.807, 2.05) is 6.92 Å². The van der Waals surface area contributed by atoms with E-state index < -0.39 is 17.5 Å². The van der Waals surface area contributed by atoms with E-state index in [9.17, 15) is 14.4 Å². The molecule has 2 unspecified atom stereocenters. The second kappa shape index (κ2) is 5.89. The lowest BCUT2D eigenvalue weighted by molar-refractivity contribution is -0.148. The van der Waals surface area contributed by atoms with Crippen LogP contribution >= 0.6 is 0 Å². The van der Waals surface area contributed by atoms with E-state index in [0.717, 1.165) is 11.3 Å². The molecule has 124 valence electrons. The van der Waals surface area contributed by atoms with Gasteiger partial charge in [0.25, 0.3) is 5.91 Å². The molecule has 1 saturated heterocycles. The van der Waals surface area contributed by atoms with Crippen LogP contribution in [0.15, 0.2) is 0 Å². The molecular formula is C16H26N2O4. The SMILES string of the molecule is CCCOC(=O)CN1C(=O)NC2(CC(C)CC(C)(C)C2)C1=O. The van der Waals surface area contributed by atoms with Crippen LogP contribution in [0.25, 0.3) is 0 Å². The van der Waals surface area contributed by atoms with Crippen LogP contribution in [0.5, 0.6) is 0 Å². The maximum atomic E-state index is 12.8. The fourth-order valence-electron chi connectivity index (χ4n) is 4.04. The Morgan fingerprint density at radius 3 is 2.64 bits per heavy atom. The van der Waals surface area contributed by atoms with E-state index >= 15 is 0 Å². The zero-order valence-corrected chi connectivity index (χ0v) is 13.9. The van der Waals surface area contributed by atoms with Gasteiger partial charge in [-0.3, -0.25) is 14.5 Å². The first-order valence-corrected chi connectivity index (χ1v) is 7.99. The number of rotatable bonds is 4. The van der Waals surface area contributed by atoms with Crippen LogP contribution in [0.3, 0.4) is 0 Å². The Bertz CT molecular complexity index is 489. The quantitative estimate of drug-likeness (QED) is 0.637. The van der Waals surface area contributed by atoms with Gasteiger partial charge >= 0.3 is 12.0 Å². The summed E-state index contributed by atoms with van der Waals surface area (Å²) in [5, 5.41) is 2.85. The molecule has 1 N–H and O–H groups in total. The molecule has 1 aliphatic carbocycles. The average molecular weight is 310 g/mol. The van der Waals surface area contributed by atoms with Gasteiger partial charge in [0.15, 0.2) is 0 Å². The van der Waals surface area contributed by atoms with E-state index in [4.69, 9.17) is 4.74 Å². The monoisotopic (exact) mass is 310 g/mol. The zero-order valence-electron chi connectivity index (χ0n) is 13.9. The predicted octanol–water partition coefficient (Wildman–Crippen LogP) is 2.08. The number of urea groups is 1.